The molecule has 0 saturated heterocycles. The van der Waals surface area contributed by atoms with Crippen molar-refractivity contribution in [1.82, 2.24) is 14.9 Å². The topological polar surface area (TPSA) is 88.5 Å². The van der Waals surface area contributed by atoms with E-state index < -0.39 is 0 Å². The van der Waals surface area contributed by atoms with E-state index in [1.807, 2.05) is 4.57 Å². The number of aliphatic imine (C=N–C) groups is 1. The molecule has 0 saturated carbocycles. The molecule has 4 N–H and O–H groups in total. The van der Waals surface area contributed by atoms with E-state index in [1.165, 1.54) is 11.8 Å². The average Bonchev–Trinajstić information content (AvgIpc) is 2.66. The molecule has 0 spiro atoms. The highest BCUT2D eigenvalue weighted by molar-refractivity contribution is 7.99. The Bertz CT molecular complexity index is 520. The molecule has 2 rings (SSSR count). The fourth-order valence-electron chi connectivity index (χ4n) is 1.64. The zero-order valence-corrected chi connectivity index (χ0v) is 10.7. The smallest absolute Gasteiger partial charge is 0.199 e. The number of aromatic nitrogens is 2. The SMILES string of the molecule is C=CCSc1nc2c(n1CCO)N=C(N)NC2=C. The third-order valence-corrected chi connectivity index (χ3v) is 3.32. The van der Waals surface area contributed by atoms with Gasteiger partial charge in [-0.25, -0.2) is 4.98 Å². The minimum Gasteiger partial charge on any atom is -0.395 e. The van der Waals surface area contributed by atoms with Crippen LogP contribution in [0.25, 0.3) is 5.70 Å². The second-order valence-electron chi connectivity index (χ2n) is 3.64. The first-order valence-electron chi connectivity index (χ1n) is 5.43. The van der Waals surface area contributed by atoms with Crippen molar-refractivity contribution in [1.29, 1.82) is 0 Å². The van der Waals surface area contributed by atoms with Gasteiger partial charge in [-0.05, 0) is 0 Å². The van der Waals surface area contributed by atoms with E-state index in [9.17, 15) is 0 Å². The number of guanidine groups is 1. The van der Waals surface area contributed by atoms with Crippen molar-refractivity contribution in [2.45, 2.75) is 11.7 Å². The quantitative estimate of drug-likeness (QED) is 0.538. The summed E-state index contributed by atoms with van der Waals surface area (Å²) in [5.74, 6) is 1.66. The summed E-state index contributed by atoms with van der Waals surface area (Å²) in [6, 6.07) is 0. The van der Waals surface area contributed by atoms with Gasteiger partial charge in [0.05, 0.1) is 12.3 Å². The Hall–Kier alpha value is -1.73. The highest BCUT2D eigenvalue weighted by Crippen LogP contribution is 2.32. The van der Waals surface area contributed by atoms with Gasteiger partial charge in [0.15, 0.2) is 16.9 Å². The Morgan fingerprint density at radius 1 is 1.56 bits per heavy atom. The lowest BCUT2D eigenvalue weighted by atomic mass is 10.3. The number of hydrogen-bond acceptors (Lipinski definition) is 6. The van der Waals surface area contributed by atoms with Gasteiger partial charge in [0.2, 0.25) is 0 Å². The number of fused-ring (bicyclic) bond motifs is 1. The molecule has 1 aromatic heterocycles. The van der Waals surface area contributed by atoms with Crippen LogP contribution in [0.3, 0.4) is 0 Å². The minimum absolute atomic E-state index is 0.0137. The first kappa shape index (κ1) is 12.7. The number of nitrogens with two attached hydrogens (primary N) is 1. The van der Waals surface area contributed by atoms with Crippen molar-refractivity contribution in [2.75, 3.05) is 12.4 Å². The molecule has 18 heavy (non-hydrogen) atoms. The van der Waals surface area contributed by atoms with Crippen molar-refractivity contribution < 1.29 is 5.11 Å². The maximum Gasteiger partial charge on any atom is 0.199 e. The summed E-state index contributed by atoms with van der Waals surface area (Å²) in [7, 11) is 0. The van der Waals surface area contributed by atoms with E-state index in [0.29, 0.717) is 23.8 Å². The maximum absolute atomic E-state index is 9.13. The number of imidazole rings is 1. The molecule has 2 heterocycles. The lowest BCUT2D eigenvalue weighted by Crippen LogP contribution is -2.32. The van der Waals surface area contributed by atoms with Crippen molar-refractivity contribution in [3.8, 4) is 0 Å². The zero-order valence-electron chi connectivity index (χ0n) is 9.89. The number of nitrogens with one attached hydrogen (secondary N) is 1. The van der Waals surface area contributed by atoms with Crippen molar-refractivity contribution in [3.05, 3.63) is 24.9 Å². The van der Waals surface area contributed by atoms with Crippen LogP contribution in [0.15, 0.2) is 29.4 Å². The molecule has 0 unspecified atom stereocenters. The molecule has 96 valence electrons. The minimum atomic E-state index is 0.0137. The second-order valence-corrected chi connectivity index (χ2v) is 4.63. The number of rotatable bonds is 5. The summed E-state index contributed by atoms with van der Waals surface area (Å²) in [6.07, 6.45) is 1.80. The second kappa shape index (κ2) is 5.28. The molecule has 0 atom stereocenters. The van der Waals surface area contributed by atoms with E-state index in [1.54, 1.807) is 6.08 Å². The lowest BCUT2D eigenvalue weighted by Gasteiger charge is -2.14. The third-order valence-electron chi connectivity index (χ3n) is 2.35. The third kappa shape index (κ3) is 2.27. The number of aliphatic hydroxyl groups excluding tert-OH is 1. The van der Waals surface area contributed by atoms with Crippen LogP contribution in [0, 0.1) is 0 Å². The van der Waals surface area contributed by atoms with Crippen molar-refractivity contribution in [2.24, 2.45) is 10.7 Å². The van der Waals surface area contributed by atoms with Gasteiger partial charge >= 0.3 is 0 Å². The summed E-state index contributed by atoms with van der Waals surface area (Å²) in [5, 5.41) is 12.7. The summed E-state index contributed by atoms with van der Waals surface area (Å²) in [4.78, 5) is 8.68. The monoisotopic (exact) mass is 265 g/mol. The Kier molecular flexibility index (Phi) is 3.73. The van der Waals surface area contributed by atoms with Gasteiger partial charge in [0.25, 0.3) is 0 Å². The van der Waals surface area contributed by atoms with E-state index >= 15 is 0 Å². The van der Waals surface area contributed by atoms with Gasteiger partial charge in [0, 0.05) is 12.3 Å². The number of aliphatic hydroxyl groups is 1. The molecule has 6 nitrogen and oxygen atoms in total. The van der Waals surface area contributed by atoms with Crippen LogP contribution in [0.4, 0.5) is 5.82 Å². The number of thioether (sulfide) groups is 1. The van der Waals surface area contributed by atoms with Gasteiger partial charge in [0.1, 0.15) is 5.69 Å². The normalized spacial score (nSPS) is 13.8. The standard InChI is InChI=1S/C11H15N5OS/c1-3-6-18-11-14-8-7(2)13-10(12)15-9(8)16(11)4-5-17/h3,17H,1-2,4-6H2,(H3,12,13,15). The average molecular weight is 265 g/mol. The predicted octanol–water partition coefficient (Wildman–Crippen LogP) is 0.674. The number of hydrogen-bond donors (Lipinski definition) is 3. The molecule has 0 fully saturated rings. The molecule has 1 aliphatic rings. The fourth-order valence-corrected chi connectivity index (χ4v) is 2.40. The fraction of sp³-hybridized carbons (Fsp3) is 0.273. The lowest BCUT2D eigenvalue weighted by molar-refractivity contribution is 0.272. The van der Waals surface area contributed by atoms with Gasteiger partial charge in [-0.15, -0.1) is 6.58 Å². The Labute approximate surface area is 109 Å². The molecule has 0 bridgehead atoms. The van der Waals surface area contributed by atoms with Crippen LogP contribution >= 0.6 is 11.8 Å². The van der Waals surface area contributed by atoms with Gasteiger partial charge in [-0.3, -0.25) is 0 Å². The predicted molar refractivity (Wildman–Crippen MR) is 73.7 cm³/mol. The molecule has 0 amide bonds. The molecular weight excluding hydrogens is 250 g/mol. The van der Waals surface area contributed by atoms with E-state index in [0.717, 1.165) is 10.9 Å². The first-order valence-corrected chi connectivity index (χ1v) is 6.41. The van der Waals surface area contributed by atoms with Gasteiger partial charge in [-0.2, -0.15) is 4.99 Å². The number of nitrogens with zero attached hydrogens (tertiary/aromatic N) is 3. The Balaban J connectivity index is 2.46. The molecule has 0 aliphatic carbocycles. The van der Waals surface area contributed by atoms with Crippen LogP contribution in [-0.4, -0.2) is 33.0 Å². The molecular formula is C11H15N5OS. The molecule has 7 heteroatoms. The molecule has 1 aliphatic heterocycles. The van der Waals surface area contributed by atoms with Crippen molar-refractivity contribution in [3.63, 3.8) is 0 Å². The largest absolute Gasteiger partial charge is 0.395 e. The Morgan fingerprint density at radius 2 is 2.33 bits per heavy atom. The van der Waals surface area contributed by atoms with Gasteiger partial charge in [-0.1, -0.05) is 24.4 Å². The van der Waals surface area contributed by atoms with Crippen LogP contribution in [0.5, 0.6) is 0 Å². The highest BCUT2D eigenvalue weighted by Gasteiger charge is 2.22. The summed E-state index contributed by atoms with van der Waals surface area (Å²) >= 11 is 1.53. The van der Waals surface area contributed by atoms with Crippen LogP contribution in [-0.2, 0) is 6.54 Å². The first-order chi connectivity index (χ1) is 8.67. The van der Waals surface area contributed by atoms with E-state index in [4.69, 9.17) is 10.8 Å². The maximum atomic E-state index is 9.13. The Morgan fingerprint density at radius 3 is 3.00 bits per heavy atom. The highest BCUT2D eigenvalue weighted by atomic mass is 32.2. The van der Waals surface area contributed by atoms with Crippen molar-refractivity contribution >= 4 is 29.2 Å². The van der Waals surface area contributed by atoms with Crippen LogP contribution < -0.4 is 11.1 Å². The summed E-state index contributed by atoms with van der Waals surface area (Å²) in [6.45, 7) is 7.97. The molecule has 0 aromatic carbocycles. The molecule has 0 radical (unpaired) electrons. The summed E-state index contributed by atoms with van der Waals surface area (Å²) in [5.41, 5.74) is 6.96. The summed E-state index contributed by atoms with van der Waals surface area (Å²) < 4.78 is 1.84. The zero-order chi connectivity index (χ0) is 13.1. The molecule has 1 aromatic rings. The van der Waals surface area contributed by atoms with Crippen LogP contribution in [0.2, 0.25) is 0 Å². The van der Waals surface area contributed by atoms with Gasteiger partial charge < -0.3 is 20.7 Å². The van der Waals surface area contributed by atoms with Crippen LogP contribution in [0.1, 0.15) is 5.69 Å². The van der Waals surface area contributed by atoms with E-state index in [-0.39, 0.29) is 12.6 Å². The van der Waals surface area contributed by atoms with E-state index in [2.05, 4.69) is 28.5 Å².